The van der Waals surface area contributed by atoms with E-state index in [0.29, 0.717) is 11.6 Å². The molecule has 2 aromatic rings. The van der Waals surface area contributed by atoms with E-state index in [1.54, 1.807) is 12.4 Å². The summed E-state index contributed by atoms with van der Waals surface area (Å²) >= 11 is 3.42. The van der Waals surface area contributed by atoms with Gasteiger partial charge in [0.1, 0.15) is 5.82 Å². The molecule has 0 aliphatic heterocycles. The highest BCUT2D eigenvalue weighted by Gasteiger charge is 2.13. The summed E-state index contributed by atoms with van der Waals surface area (Å²) in [6.07, 6.45) is 3.45. The molecule has 0 aliphatic carbocycles. The lowest BCUT2D eigenvalue weighted by Crippen LogP contribution is -2.04. The van der Waals surface area contributed by atoms with Gasteiger partial charge in [-0.2, -0.15) is 0 Å². The first-order chi connectivity index (χ1) is 8.09. The van der Waals surface area contributed by atoms with Crippen LogP contribution in [0.3, 0.4) is 0 Å². The molecule has 0 aliphatic rings. The van der Waals surface area contributed by atoms with Gasteiger partial charge in [-0.3, -0.25) is 4.98 Å². The van der Waals surface area contributed by atoms with Crippen molar-refractivity contribution in [1.82, 2.24) is 15.0 Å². The Balaban J connectivity index is 2.57. The first-order valence-electron chi connectivity index (χ1n) is 5.33. The molecule has 0 amide bonds. The predicted molar refractivity (Wildman–Crippen MR) is 71.5 cm³/mol. The molecule has 5 heteroatoms. The largest absolute Gasteiger partial charge is 0.383 e. The van der Waals surface area contributed by atoms with Crippen LogP contribution < -0.4 is 5.73 Å². The lowest BCUT2D eigenvalue weighted by atomic mass is 10.1. The van der Waals surface area contributed by atoms with Gasteiger partial charge < -0.3 is 5.73 Å². The number of hydrogen-bond acceptors (Lipinski definition) is 4. The van der Waals surface area contributed by atoms with E-state index >= 15 is 0 Å². The number of nitrogen functional groups attached to an aromatic ring is 1. The van der Waals surface area contributed by atoms with E-state index < -0.39 is 0 Å². The molecule has 2 aromatic heterocycles. The van der Waals surface area contributed by atoms with E-state index in [4.69, 9.17) is 5.73 Å². The fraction of sp³-hybridized carbons (Fsp3) is 0.250. The Morgan fingerprint density at radius 2 is 2.06 bits per heavy atom. The number of nitrogens with two attached hydrogens (primary N) is 1. The fourth-order valence-electron chi connectivity index (χ4n) is 1.49. The smallest absolute Gasteiger partial charge is 0.163 e. The highest BCUT2D eigenvalue weighted by atomic mass is 79.9. The standard InChI is InChI=1S/C12H13BrN4/c1-7(2)10-9(13)11(14)17-12(16-10)8-4-3-5-15-6-8/h3-7H,1-2H3,(H2,14,16,17). The summed E-state index contributed by atoms with van der Waals surface area (Å²) in [5.41, 5.74) is 7.66. The highest BCUT2D eigenvalue weighted by molar-refractivity contribution is 9.10. The van der Waals surface area contributed by atoms with Crippen molar-refractivity contribution < 1.29 is 0 Å². The second-order valence-electron chi connectivity index (χ2n) is 4.03. The van der Waals surface area contributed by atoms with Crippen molar-refractivity contribution in [2.24, 2.45) is 0 Å². The number of anilines is 1. The highest BCUT2D eigenvalue weighted by Crippen LogP contribution is 2.29. The third-order valence-electron chi connectivity index (χ3n) is 2.37. The molecule has 0 spiro atoms. The van der Waals surface area contributed by atoms with Crippen molar-refractivity contribution in [2.45, 2.75) is 19.8 Å². The van der Waals surface area contributed by atoms with Crippen LogP contribution >= 0.6 is 15.9 Å². The zero-order valence-corrected chi connectivity index (χ0v) is 11.3. The van der Waals surface area contributed by atoms with Crippen LogP contribution in [0, 0.1) is 0 Å². The Kier molecular flexibility index (Phi) is 3.38. The Labute approximate surface area is 108 Å². The molecule has 2 rings (SSSR count). The zero-order chi connectivity index (χ0) is 12.4. The van der Waals surface area contributed by atoms with Crippen LogP contribution in [0.15, 0.2) is 29.0 Å². The minimum Gasteiger partial charge on any atom is -0.383 e. The number of nitrogens with zero attached hydrogens (tertiary/aromatic N) is 3. The van der Waals surface area contributed by atoms with E-state index in [2.05, 4.69) is 44.7 Å². The zero-order valence-electron chi connectivity index (χ0n) is 9.68. The molecule has 2 heterocycles. The Morgan fingerprint density at radius 3 is 2.65 bits per heavy atom. The van der Waals surface area contributed by atoms with E-state index in [0.717, 1.165) is 15.7 Å². The molecule has 0 aromatic carbocycles. The lowest BCUT2D eigenvalue weighted by Gasteiger charge is -2.11. The first-order valence-corrected chi connectivity index (χ1v) is 6.12. The van der Waals surface area contributed by atoms with Crippen LogP contribution in [0.1, 0.15) is 25.5 Å². The Morgan fingerprint density at radius 1 is 1.29 bits per heavy atom. The average molecular weight is 293 g/mol. The SMILES string of the molecule is CC(C)c1nc(-c2cccnc2)nc(N)c1Br. The topological polar surface area (TPSA) is 64.7 Å². The van der Waals surface area contributed by atoms with Crippen LogP contribution in [-0.2, 0) is 0 Å². The maximum absolute atomic E-state index is 5.88. The van der Waals surface area contributed by atoms with Gasteiger partial charge in [-0.05, 0) is 34.0 Å². The minimum absolute atomic E-state index is 0.282. The van der Waals surface area contributed by atoms with Crippen LogP contribution in [-0.4, -0.2) is 15.0 Å². The molecule has 4 nitrogen and oxygen atoms in total. The molecule has 0 saturated carbocycles. The van der Waals surface area contributed by atoms with Gasteiger partial charge in [-0.25, -0.2) is 9.97 Å². The van der Waals surface area contributed by atoms with Crippen molar-refractivity contribution in [3.63, 3.8) is 0 Å². The summed E-state index contributed by atoms with van der Waals surface area (Å²) in [5, 5.41) is 0. The van der Waals surface area contributed by atoms with Gasteiger partial charge in [0, 0.05) is 18.0 Å². The van der Waals surface area contributed by atoms with Crippen LogP contribution in [0.5, 0.6) is 0 Å². The number of halogens is 1. The molecular formula is C12H13BrN4. The van der Waals surface area contributed by atoms with E-state index in [1.165, 1.54) is 0 Å². The molecule has 2 N–H and O–H groups in total. The molecule has 0 unspecified atom stereocenters. The number of aromatic nitrogens is 3. The summed E-state index contributed by atoms with van der Waals surface area (Å²) < 4.78 is 0.778. The van der Waals surface area contributed by atoms with Gasteiger partial charge in [0.2, 0.25) is 0 Å². The molecule has 17 heavy (non-hydrogen) atoms. The minimum atomic E-state index is 0.282. The van der Waals surface area contributed by atoms with Crippen LogP contribution in [0.2, 0.25) is 0 Å². The van der Waals surface area contributed by atoms with Crippen molar-refractivity contribution in [2.75, 3.05) is 5.73 Å². The Hall–Kier alpha value is -1.49. The maximum atomic E-state index is 5.88. The molecule has 88 valence electrons. The van der Waals surface area contributed by atoms with Gasteiger partial charge in [0.25, 0.3) is 0 Å². The normalized spacial score (nSPS) is 10.8. The third-order valence-corrected chi connectivity index (χ3v) is 3.18. The van der Waals surface area contributed by atoms with Crippen LogP contribution in [0.25, 0.3) is 11.4 Å². The van der Waals surface area contributed by atoms with Gasteiger partial charge in [-0.15, -0.1) is 0 Å². The van der Waals surface area contributed by atoms with E-state index in [9.17, 15) is 0 Å². The van der Waals surface area contributed by atoms with Crippen LogP contribution in [0.4, 0.5) is 5.82 Å². The van der Waals surface area contributed by atoms with Crippen molar-refractivity contribution in [3.8, 4) is 11.4 Å². The third kappa shape index (κ3) is 2.44. The summed E-state index contributed by atoms with van der Waals surface area (Å²) in [6.45, 7) is 4.14. The van der Waals surface area contributed by atoms with E-state index in [1.807, 2.05) is 12.1 Å². The predicted octanol–water partition coefficient (Wildman–Crippen LogP) is 3.01. The lowest BCUT2D eigenvalue weighted by molar-refractivity contribution is 0.811. The summed E-state index contributed by atoms with van der Waals surface area (Å²) in [6, 6.07) is 3.77. The Bertz CT molecular complexity index is 526. The van der Waals surface area contributed by atoms with Gasteiger partial charge >= 0.3 is 0 Å². The summed E-state index contributed by atoms with van der Waals surface area (Å²) in [4.78, 5) is 12.8. The van der Waals surface area contributed by atoms with Gasteiger partial charge in [-0.1, -0.05) is 13.8 Å². The number of rotatable bonds is 2. The maximum Gasteiger partial charge on any atom is 0.163 e. The van der Waals surface area contributed by atoms with Gasteiger partial charge in [0.05, 0.1) is 10.2 Å². The molecule has 0 fully saturated rings. The quantitative estimate of drug-likeness (QED) is 0.924. The van der Waals surface area contributed by atoms with Crippen molar-refractivity contribution >= 4 is 21.7 Å². The second-order valence-corrected chi connectivity index (χ2v) is 4.82. The number of pyridine rings is 1. The van der Waals surface area contributed by atoms with Crippen molar-refractivity contribution in [3.05, 3.63) is 34.7 Å². The van der Waals surface area contributed by atoms with Gasteiger partial charge in [0.15, 0.2) is 5.82 Å². The molecule has 0 radical (unpaired) electrons. The molecule has 0 saturated heterocycles. The number of hydrogen-bond donors (Lipinski definition) is 1. The van der Waals surface area contributed by atoms with E-state index in [-0.39, 0.29) is 5.92 Å². The molecule has 0 bridgehead atoms. The second kappa shape index (κ2) is 4.79. The fourth-order valence-corrected chi connectivity index (χ4v) is 2.12. The average Bonchev–Trinajstić information content (AvgIpc) is 2.33. The molecular weight excluding hydrogens is 280 g/mol. The monoisotopic (exact) mass is 292 g/mol. The molecule has 0 atom stereocenters. The summed E-state index contributed by atoms with van der Waals surface area (Å²) in [7, 11) is 0. The summed E-state index contributed by atoms with van der Waals surface area (Å²) in [5.74, 6) is 1.36. The van der Waals surface area contributed by atoms with Crippen molar-refractivity contribution in [1.29, 1.82) is 0 Å². The first kappa shape index (κ1) is 12.0.